The first-order chi connectivity index (χ1) is 19.4. The molecule has 8 heteroatoms. The van der Waals surface area contributed by atoms with Crippen molar-refractivity contribution in [1.82, 2.24) is 30.2 Å². The molecule has 2 aliphatic rings. The fraction of sp³-hybridized carbons (Fsp3) is 0.941. The lowest BCUT2D eigenvalue weighted by Gasteiger charge is -2.50. The van der Waals surface area contributed by atoms with E-state index in [2.05, 4.69) is 104 Å². The summed E-state index contributed by atoms with van der Waals surface area (Å²) in [5.41, 5.74) is -0.0284. The van der Waals surface area contributed by atoms with Crippen LogP contribution in [0.3, 0.4) is 0 Å². The summed E-state index contributed by atoms with van der Waals surface area (Å²) in [6, 6.07) is 0.840. The summed E-state index contributed by atoms with van der Waals surface area (Å²) in [5, 5.41) is 7.56. The topological polar surface area (TPSA) is 71.2 Å². The quantitative estimate of drug-likeness (QED) is 0.234. The highest BCUT2D eigenvalue weighted by Gasteiger charge is 2.43. The molecule has 4 amide bonds. The average molecular weight is 593 g/mol. The Morgan fingerprint density at radius 1 is 0.524 bits per heavy atom. The molecule has 0 atom stereocenters. The van der Waals surface area contributed by atoms with E-state index in [0.717, 1.165) is 90.6 Å². The van der Waals surface area contributed by atoms with Gasteiger partial charge >= 0.3 is 12.1 Å². The van der Waals surface area contributed by atoms with E-state index in [1.54, 1.807) is 0 Å². The summed E-state index contributed by atoms with van der Waals surface area (Å²) in [7, 11) is 0. The lowest BCUT2D eigenvalue weighted by molar-refractivity contribution is 0.0656. The molecule has 0 unspecified atom stereocenters. The summed E-state index contributed by atoms with van der Waals surface area (Å²) >= 11 is 0. The number of nitrogens with one attached hydrogen (secondary N) is 2. The molecule has 8 nitrogen and oxygen atoms in total. The fourth-order valence-corrected chi connectivity index (χ4v) is 8.12. The van der Waals surface area contributed by atoms with Crippen molar-refractivity contribution in [1.29, 1.82) is 0 Å². The zero-order valence-electron chi connectivity index (χ0n) is 29.7. The van der Waals surface area contributed by atoms with Crippen LogP contribution in [-0.2, 0) is 0 Å². The molecule has 0 aromatic rings. The summed E-state index contributed by atoms with van der Waals surface area (Å²) < 4.78 is 0. The summed E-state index contributed by atoms with van der Waals surface area (Å²) in [5.74, 6) is 0. The highest BCUT2D eigenvalue weighted by atomic mass is 16.2. The maximum absolute atomic E-state index is 13.7. The largest absolute Gasteiger partial charge is 0.325 e. The molecule has 2 fully saturated rings. The number of nitrogens with zero attached hydrogens (tertiary/aromatic N) is 4. The van der Waals surface area contributed by atoms with Gasteiger partial charge in [0.05, 0.1) is 0 Å². The van der Waals surface area contributed by atoms with Gasteiger partial charge in [-0.15, -0.1) is 0 Å². The Morgan fingerprint density at radius 2 is 0.786 bits per heavy atom. The molecule has 246 valence electrons. The zero-order valence-corrected chi connectivity index (χ0v) is 29.7. The Bertz CT molecular complexity index is 760. The van der Waals surface area contributed by atoms with Gasteiger partial charge in [-0.2, -0.15) is 0 Å². The molecule has 0 radical (unpaired) electrons. The Morgan fingerprint density at radius 3 is 1.02 bits per heavy atom. The summed E-state index contributed by atoms with van der Waals surface area (Å²) in [4.78, 5) is 35.7. The summed E-state index contributed by atoms with van der Waals surface area (Å²) in [6.45, 7) is 30.9. The second-order valence-corrected chi connectivity index (χ2v) is 15.6. The van der Waals surface area contributed by atoms with Gasteiger partial charge in [0, 0.05) is 73.5 Å². The maximum atomic E-state index is 13.7. The number of piperidine rings is 2. The van der Waals surface area contributed by atoms with Gasteiger partial charge < -0.3 is 30.2 Å². The number of carbonyl (C=O) groups is 2. The third-order valence-electron chi connectivity index (χ3n) is 9.33. The minimum Gasteiger partial charge on any atom is -0.325 e. The van der Waals surface area contributed by atoms with Crippen LogP contribution in [0.25, 0.3) is 0 Å². The van der Waals surface area contributed by atoms with E-state index in [9.17, 15) is 9.59 Å². The standard InChI is InChI=1S/C34H68N6O2/c1-13-37(14-2)29(41)39(27-23-31(5,6)35-32(7,8)24-27)21-19-17-18-20-22-40(30(42)38(15-3)16-4)28-25-33(9,10)36-34(11,12)26-28/h27-28,35-36H,13-26H2,1-12H3. The SMILES string of the molecule is CCN(CC)C(=O)N(CCCCCCN(C(=O)N(CC)CC)C1CC(C)(C)NC(C)(C)C1)C1CC(C)(C)NC(C)(C)C1. The van der Waals surface area contributed by atoms with Crippen LogP contribution in [0.4, 0.5) is 9.59 Å². The Kier molecular flexibility index (Phi) is 13.1. The number of amides is 4. The molecule has 42 heavy (non-hydrogen) atoms. The molecule has 0 aromatic heterocycles. The first kappa shape index (κ1) is 36.7. The van der Waals surface area contributed by atoms with Crippen LogP contribution < -0.4 is 10.6 Å². The van der Waals surface area contributed by atoms with Gasteiger partial charge in [0.2, 0.25) is 0 Å². The van der Waals surface area contributed by atoms with Gasteiger partial charge in [0.15, 0.2) is 0 Å². The molecular formula is C34H68N6O2. The molecule has 2 rings (SSSR count). The van der Waals surface area contributed by atoms with Crippen molar-refractivity contribution in [2.24, 2.45) is 0 Å². The number of rotatable bonds is 13. The number of hydrogen-bond donors (Lipinski definition) is 2. The average Bonchev–Trinajstić information content (AvgIpc) is 2.83. The minimum atomic E-state index is -0.00711. The van der Waals surface area contributed by atoms with Gasteiger partial charge in [0.1, 0.15) is 0 Å². The van der Waals surface area contributed by atoms with Crippen LogP contribution in [-0.4, -0.2) is 105 Å². The third kappa shape index (κ3) is 10.6. The fourth-order valence-electron chi connectivity index (χ4n) is 8.12. The second kappa shape index (κ2) is 15.0. The molecule has 0 spiro atoms. The molecule has 0 aliphatic carbocycles. The van der Waals surface area contributed by atoms with Gasteiger partial charge in [0.25, 0.3) is 0 Å². The van der Waals surface area contributed by atoms with Crippen molar-refractivity contribution >= 4 is 12.1 Å². The molecule has 0 bridgehead atoms. The zero-order chi connectivity index (χ0) is 31.9. The monoisotopic (exact) mass is 593 g/mol. The molecule has 2 N–H and O–H groups in total. The van der Waals surface area contributed by atoms with Crippen molar-refractivity contribution < 1.29 is 9.59 Å². The molecule has 2 saturated heterocycles. The molecular weight excluding hydrogens is 524 g/mol. The first-order valence-corrected chi connectivity index (χ1v) is 17.1. The number of urea groups is 2. The van der Waals surface area contributed by atoms with E-state index >= 15 is 0 Å². The minimum absolute atomic E-state index is 0.00711. The van der Waals surface area contributed by atoms with Gasteiger partial charge in [-0.25, -0.2) is 9.59 Å². The van der Waals surface area contributed by atoms with Crippen LogP contribution in [0.2, 0.25) is 0 Å². The van der Waals surface area contributed by atoms with E-state index in [1.165, 1.54) is 0 Å². The predicted molar refractivity (Wildman–Crippen MR) is 177 cm³/mol. The van der Waals surface area contributed by atoms with Crippen molar-refractivity contribution in [2.75, 3.05) is 39.3 Å². The van der Waals surface area contributed by atoms with Crippen LogP contribution in [0.5, 0.6) is 0 Å². The maximum Gasteiger partial charge on any atom is 0.320 e. The molecule has 0 saturated carbocycles. The van der Waals surface area contributed by atoms with Gasteiger partial charge in [-0.3, -0.25) is 0 Å². The summed E-state index contributed by atoms with van der Waals surface area (Å²) in [6.07, 6.45) is 7.99. The number of unbranched alkanes of at least 4 members (excludes halogenated alkanes) is 3. The van der Waals surface area contributed by atoms with Crippen LogP contribution in [0.1, 0.15) is 134 Å². The number of carbonyl (C=O) groups excluding carboxylic acids is 2. The van der Waals surface area contributed by atoms with Crippen molar-refractivity contribution in [3.05, 3.63) is 0 Å². The predicted octanol–water partition coefficient (Wildman–Crippen LogP) is 6.69. The Balaban J connectivity index is 2.06. The number of hydrogen-bond acceptors (Lipinski definition) is 4. The lowest BCUT2D eigenvalue weighted by Crippen LogP contribution is -2.63. The second-order valence-electron chi connectivity index (χ2n) is 15.6. The molecule has 0 aromatic carbocycles. The Labute approximate surface area is 259 Å². The van der Waals surface area contributed by atoms with Crippen LogP contribution in [0.15, 0.2) is 0 Å². The van der Waals surface area contributed by atoms with Crippen molar-refractivity contribution in [3.63, 3.8) is 0 Å². The third-order valence-corrected chi connectivity index (χ3v) is 9.33. The highest BCUT2D eigenvalue weighted by Crippen LogP contribution is 2.34. The van der Waals surface area contributed by atoms with E-state index < -0.39 is 0 Å². The van der Waals surface area contributed by atoms with Crippen LogP contribution in [0, 0.1) is 0 Å². The van der Waals surface area contributed by atoms with E-state index in [-0.39, 0.29) is 46.3 Å². The van der Waals surface area contributed by atoms with Crippen LogP contribution >= 0.6 is 0 Å². The van der Waals surface area contributed by atoms with E-state index in [4.69, 9.17) is 0 Å². The van der Waals surface area contributed by atoms with Gasteiger partial charge in [-0.1, -0.05) is 12.8 Å². The van der Waals surface area contributed by atoms with Crippen molar-refractivity contribution in [2.45, 2.75) is 169 Å². The van der Waals surface area contributed by atoms with E-state index in [0.29, 0.717) is 0 Å². The van der Waals surface area contributed by atoms with Gasteiger partial charge in [-0.05, 0) is 122 Å². The molecule has 2 heterocycles. The Hall–Kier alpha value is -1.54. The first-order valence-electron chi connectivity index (χ1n) is 17.1. The molecule has 2 aliphatic heterocycles. The smallest absolute Gasteiger partial charge is 0.320 e. The highest BCUT2D eigenvalue weighted by molar-refractivity contribution is 5.75. The normalized spacial score (nSPS) is 21.5. The van der Waals surface area contributed by atoms with E-state index in [1.807, 2.05) is 9.80 Å². The van der Waals surface area contributed by atoms with Crippen molar-refractivity contribution in [3.8, 4) is 0 Å². The lowest BCUT2D eigenvalue weighted by atomic mass is 9.79.